The quantitative estimate of drug-likeness (QED) is 0.646. The van der Waals surface area contributed by atoms with Gasteiger partial charge in [-0.15, -0.1) is 11.8 Å². The second-order valence-electron chi connectivity index (χ2n) is 5.25. The van der Waals surface area contributed by atoms with Gasteiger partial charge in [-0.1, -0.05) is 12.1 Å². The van der Waals surface area contributed by atoms with Crippen LogP contribution in [0.5, 0.6) is 0 Å². The highest BCUT2D eigenvalue weighted by Gasteiger charge is 2.04. The Morgan fingerprint density at radius 1 is 1.25 bits per heavy atom. The summed E-state index contributed by atoms with van der Waals surface area (Å²) in [6.45, 7) is 1.10. The van der Waals surface area contributed by atoms with Crippen molar-refractivity contribution in [2.45, 2.75) is 17.9 Å². The molecule has 2 N–H and O–H groups in total. The van der Waals surface area contributed by atoms with E-state index in [4.69, 9.17) is 0 Å². The summed E-state index contributed by atoms with van der Waals surface area (Å²) in [7, 11) is 0. The van der Waals surface area contributed by atoms with Crippen LogP contribution in [0.15, 0.2) is 53.9 Å². The summed E-state index contributed by atoms with van der Waals surface area (Å²) in [6.07, 6.45) is 9.42. The summed E-state index contributed by atoms with van der Waals surface area (Å²) >= 11 is 1.71. The molecule has 1 amide bonds. The number of rotatable bonds is 7. The van der Waals surface area contributed by atoms with Crippen molar-refractivity contribution < 1.29 is 4.79 Å². The first-order valence-electron chi connectivity index (χ1n) is 7.67. The molecule has 0 spiro atoms. The fraction of sp³-hybridized carbons (Fsp3) is 0.235. The minimum absolute atomic E-state index is 0.0203. The van der Waals surface area contributed by atoms with Crippen molar-refractivity contribution in [3.8, 4) is 0 Å². The van der Waals surface area contributed by atoms with E-state index in [2.05, 4.69) is 32.7 Å². The molecule has 124 valence electrons. The van der Waals surface area contributed by atoms with E-state index in [1.807, 2.05) is 29.0 Å². The third kappa shape index (κ3) is 4.05. The summed E-state index contributed by atoms with van der Waals surface area (Å²) in [5, 5.41) is 6.16. The number of hydrogen-bond donors (Lipinski definition) is 2. The van der Waals surface area contributed by atoms with Gasteiger partial charge in [-0.3, -0.25) is 14.2 Å². The first kappa shape index (κ1) is 16.3. The van der Waals surface area contributed by atoms with Gasteiger partial charge in [0.2, 0.25) is 5.91 Å². The molecule has 0 aliphatic rings. The highest BCUT2D eigenvalue weighted by Crippen LogP contribution is 2.14. The van der Waals surface area contributed by atoms with Crippen molar-refractivity contribution in [3.63, 3.8) is 0 Å². The molecule has 2 aromatic heterocycles. The second kappa shape index (κ2) is 7.83. The summed E-state index contributed by atoms with van der Waals surface area (Å²) in [6, 6.07) is 8.20. The topological polar surface area (TPSA) is 71.3 Å². The number of anilines is 1. The molecular weight excluding hydrogens is 322 g/mol. The number of carbonyl (C=O) groups excluding carboxylic acids is 1. The van der Waals surface area contributed by atoms with Crippen molar-refractivity contribution in [3.05, 3.63) is 54.6 Å². The van der Waals surface area contributed by atoms with Crippen LogP contribution < -0.4 is 10.6 Å². The zero-order valence-electron chi connectivity index (χ0n) is 13.4. The third-order valence-electron chi connectivity index (χ3n) is 3.62. The number of thioether (sulfide) groups is 1. The third-order valence-corrected chi connectivity index (χ3v) is 4.37. The van der Waals surface area contributed by atoms with E-state index in [1.165, 1.54) is 4.90 Å². The summed E-state index contributed by atoms with van der Waals surface area (Å²) in [5.74, 6) is 0.875. The van der Waals surface area contributed by atoms with Gasteiger partial charge in [0.15, 0.2) is 5.65 Å². The molecule has 0 saturated heterocycles. The van der Waals surface area contributed by atoms with Crippen LogP contribution in [0.3, 0.4) is 0 Å². The molecule has 0 saturated carbocycles. The molecular formula is C17H19N5OS. The minimum atomic E-state index is 0.0203. The van der Waals surface area contributed by atoms with Gasteiger partial charge in [-0.2, -0.15) is 0 Å². The van der Waals surface area contributed by atoms with E-state index in [9.17, 15) is 4.79 Å². The number of amides is 1. The molecule has 3 aromatic rings. The smallest absolute Gasteiger partial charge is 0.222 e. The molecule has 24 heavy (non-hydrogen) atoms. The Hall–Kier alpha value is -2.54. The van der Waals surface area contributed by atoms with Crippen molar-refractivity contribution in [2.75, 3.05) is 18.1 Å². The maximum absolute atomic E-state index is 11.9. The fourth-order valence-electron chi connectivity index (χ4n) is 2.31. The predicted octanol–water partition coefficient (Wildman–Crippen LogP) is 2.57. The van der Waals surface area contributed by atoms with Crippen LogP contribution in [-0.2, 0) is 11.3 Å². The molecule has 2 heterocycles. The Morgan fingerprint density at radius 2 is 2.08 bits per heavy atom. The van der Waals surface area contributed by atoms with Gasteiger partial charge < -0.3 is 10.6 Å². The lowest BCUT2D eigenvalue weighted by atomic mass is 10.2. The zero-order chi connectivity index (χ0) is 16.8. The lowest BCUT2D eigenvalue weighted by molar-refractivity contribution is -0.121. The molecule has 6 nitrogen and oxygen atoms in total. The fourth-order valence-corrected chi connectivity index (χ4v) is 2.72. The number of aromatic nitrogens is 3. The van der Waals surface area contributed by atoms with Crippen LogP contribution in [-0.4, -0.2) is 33.1 Å². The number of benzene rings is 1. The summed E-state index contributed by atoms with van der Waals surface area (Å²) in [4.78, 5) is 21.4. The van der Waals surface area contributed by atoms with E-state index in [0.29, 0.717) is 19.5 Å². The van der Waals surface area contributed by atoms with E-state index in [-0.39, 0.29) is 5.91 Å². The Labute approximate surface area is 144 Å². The monoisotopic (exact) mass is 341 g/mol. The van der Waals surface area contributed by atoms with Crippen molar-refractivity contribution in [1.82, 2.24) is 19.7 Å². The molecule has 3 rings (SSSR count). The normalized spacial score (nSPS) is 10.7. The standard InChI is InChI=1S/C17H19N5OS/c1-24-14-4-2-13(3-5-14)10-21-17(23)6-7-19-16-12-20-15-11-18-8-9-22(15)16/h2-5,8-9,11-12,19H,6-7,10H2,1H3,(H,21,23). The Kier molecular flexibility index (Phi) is 5.32. The Balaban J connectivity index is 1.44. The van der Waals surface area contributed by atoms with Gasteiger partial charge >= 0.3 is 0 Å². The van der Waals surface area contributed by atoms with E-state index >= 15 is 0 Å². The number of nitrogens with one attached hydrogen (secondary N) is 2. The maximum atomic E-state index is 11.9. The second-order valence-corrected chi connectivity index (χ2v) is 6.13. The zero-order valence-corrected chi connectivity index (χ0v) is 14.2. The molecule has 7 heteroatoms. The molecule has 0 atom stereocenters. The van der Waals surface area contributed by atoms with Gasteiger partial charge in [0, 0.05) is 36.8 Å². The molecule has 0 unspecified atom stereocenters. The number of imidazole rings is 1. The van der Waals surface area contributed by atoms with Gasteiger partial charge in [0.05, 0.1) is 12.4 Å². The molecule has 0 radical (unpaired) electrons. The van der Waals surface area contributed by atoms with E-state index in [1.54, 1.807) is 30.4 Å². The largest absolute Gasteiger partial charge is 0.369 e. The molecule has 1 aromatic carbocycles. The lowest BCUT2D eigenvalue weighted by Gasteiger charge is -2.08. The average molecular weight is 341 g/mol. The Morgan fingerprint density at radius 3 is 2.88 bits per heavy atom. The van der Waals surface area contributed by atoms with Crippen LogP contribution in [0.2, 0.25) is 0 Å². The van der Waals surface area contributed by atoms with Gasteiger partial charge in [-0.05, 0) is 24.0 Å². The lowest BCUT2D eigenvalue weighted by Crippen LogP contribution is -2.25. The molecule has 0 bridgehead atoms. The molecule has 0 aliphatic heterocycles. The van der Waals surface area contributed by atoms with Crippen molar-refractivity contribution in [1.29, 1.82) is 0 Å². The van der Waals surface area contributed by atoms with Crippen LogP contribution in [0.25, 0.3) is 5.65 Å². The van der Waals surface area contributed by atoms with Crippen molar-refractivity contribution in [2.24, 2.45) is 0 Å². The maximum Gasteiger partial charge on any atom is 0.222 e. The summed E-state index contributed by atoms with van der Waals surface area (Å²) in [5.41, 5.74) is 1.88. The number of carbonyl (C=O) groups is 1. The first-order valence-corrected chi connectivity index (χ1v) is 8.89. The van der Waals surface area contributed by atoms with Crippen LogP contribution in [0.1, 0.15) is 12.0 Å². The van der Waals surface area contributed by atoms with Crippen LogP contribution in [0, 0.1) is 0 Å². The summed E-state index contributed by atoms with van der Waals surface area (Å²) < 4.78 is 1.90. The minimum Gasteiger partial charge on any atom is -0.369 e. The Bertz CT molecular complexity index is 815. The first-order chi connectivity index (χ1) is 11.8. The van der Waals surface area contributed by atoms with Gasteiger partial charge in [0.25, 0.3) is 0 Å². The van der Waals surface area contributed by atoms with Gasteiger partial charge in [0.1, 0.15) is 5.82 Å². The average Bonchev–Trinajstić information content (AvgIpc) is 3.04. The van der Waals surface area contributed by atoms with E-state index < -0.39 is 0 Å². The number of hydrogen-bond acceptors (Lipinski definition) is 5. The highest BCUT2D eigenvalue weighted by molar-refractivity contribution is 7.98. The van der Waals surface area contributed by atoms with E-state index in [0.717, 1.165) is 17.0 Å². The van der Waals surface area contributed by atoms with Crippen LogP contribution >= 0.6 is 11.8 Å². The molecule has 0 aliphatic carbocycles. The predicted molar refractivity (Wildman–Crippen MR) is 96.2 cm³/mol. The van der Waals surface area contributed by atoms with Gasteiger partial charge in [-0.25, -0.2) is 4.98 Å². The number of nitrogens with zero attached hydrogens (tertiary/aromatic N) is 3. The SMILES string of the molecule is CSc1ccc(CNC(=O)CCNc2cnc3cnccn23)cc1. The molecule has 0 fully saturated rings. The van der Waals surface area contributed by atoms with Crippen molar-refractivity contribution >= 4 is 29.1 Å². The van der Waals surface area contributed by atoms with Crippen LogP contribution in [0.4, 0.5) is 5.82 Å². The highest BCUT2D eigenvalue weighted by atomic mass is 32.2. The number of fused-ring (bicyclic) bond motifs is 1.